The molecule has 3 aromatic rings. The molecule has 0 spiro atoms. The molecule has 174 valence electrons. The van der Waals surface area contributed by atoms with Crippen LogP contribution < -0.4 is 20.9 Å². The zero-order valence-electron chi connectivity index (χ0n) is 19.4. The van der Waals surface area contributed by atoms with Gasteiger partial charge in [-0.05, 0) is 48.6 Å². The van der Waals surface area contributed by atoms with Gasteiger partial charge in [-0.15, -0.1) is 0 Å². The number of hydrogen-bond acceptors (Lipinski definition) is 4. The zero-order chi connectivity index (χ0) is 24.1. The summed E-state index contributed by atoms with van der Waals surface area (Å²) in [6, 6.07) is 22.1. The lowest BCUT2D eigenvalue weighted by atomic mass is 10.1. The van der Waals surface area contributed by atoms with Crippen LogP contribution in [0.5, 0.6) is 11.5 Å². The predicted molar refractivity (Wildman–Crippen MR) is 135 cm³/mol. The maximum atomic E-state index is 7.49. The number of amidine groups is 1. The molecule has 33 heavy (non-hydrogen) atoms. The molecule has 0 radical (unpaired) electrons. The standard InChI is InChI=1S/C26H30N2O2.CH4N2/c1-3-4-5-22-14-24(29-17-20-8-6-19(2)7-9-20)16-25(15-22)30-18-21-10-12-23(13-11-21)26(27)28;2-1-3/h6-16H,3-5,17-18H2,1-2H3,(H3,27,28);1H,(H3,2,3). The first-order chi connectivity index (χ1) is 15.9. The molecule has 0 saturated heterocycles. The molecule has 0 saturated carbocycles. The first-order valence-electron chi connectivity index (χ1n) is 11.0. The molecule has 0 aliphatic rings. The van der Waals surface area contributed by atoms with Crippen molar-refractivity contribution in [3.05, 3.63) is 94.5 Å². The van der Waals surface area contributed by atoms with Crippen molar-refractivity contribution >= 4 is 12.2 Å². The fourth-order valence-electron chi connectivity index (χ4n) is 3.12. The van der Waals surface area contributed by atoms with Crippen molar-refractivity contribution in [1.82, 2.24) is 0 Å². The lowest BCUT2D eigenvalue weighted by Gasteiger charge is -2.13. The van der Waals surface area contributed by atoms with Crippen molar-refractivity contribution in [2.45, 2.75) is 46.3 Å². The minimum Gasteiger partial charge on any atom is -0.489 e. The Labute approximate surface area is 196 Å². The summed E-state index contributed by atoms with van der Waals surface area (Å²) in [5, 5.41) is 13.4. The number of unbranched alkanes of at least 4 members (excludes halogenated alkanes) is 1. The number of hydrogen-bond donors (Lipinski definition) is 4. The second kappa shape index (κ2) is 13.6. The smallest absolute Gasteiger partial charge is 0.123 e. The van der Waals surface area contributed by atoms with Gasteiger partial charge in [0, 0.05) is 11.6 Å². The maximum Gasteiger partial charge on any atom is 0.123 e. The van der Waals surface area contributed by atoms with E-state index in [4.69, 9.17) is 26.0 Å². The van der Waals surface area contributed by atoms with E-state index >= 15 is 0 Å². The van der Waals surface area contributed by atoms with Crippen molar-refractivity contribution in [1.29, 1.82) is 10.8 Å². The van der Waals surface area contributed by atoms with E-state index in [2.05, 4.69) is 56.0 Å². The van der Waals surface area contributed by atoms with E-state index in [0.29, 0.717) is 18.8 Å². The Bertz CT molecular complexity index is 1020. The molecule has 0 bridgehead atoms. The van der Waals surface area contributed by atoms with Gasteiger partial charge >= 0.3 is 0 Å². The summed E-state index contributed by atoms with van der Waals surface area (Å²) in [6.07, 6.45) is 4.03. The molecule has 0 unspecified atom stereocenters. The van der Waals surface area contributed by atoms with Crippen LogP contribution in [0, 0.1) is 17.7 Å². The third-order valence-electron chi connectivity index (χ3n) is 4.96. The normalized spacial score (nSPS) is 10.0. The molecular formula is C27H34N4O2. The van der Waals surface area contributed by atoms with Gasteiger partial charge in [0.15, 0.2) is 0 Å². The van der Waals surface area contributed by atoms with Crippen LogP contribution in [-0.4, -0.2) is 12.2 Å². The number of rotatable bonds is 10. The van der Waals surface area contributed by atoms with Crippen molar-refractivity contribution in [2.75, 3.05) is 0 Å². The Hall–Kier alpha value is -3.80. The molecule has 3 rings (SSSR count). The fraction of sp³-hybridized carbons (Fsp3) is 0.259. The van der Waals surface area contributed by atoms with Gasteiger partial charge in [-0.3, -0.25) is 10.8 Å². The molecule has 3 aromatic carbocycles. The number of nitrogens with one attached hydrogen (secondary N) is 2. The molecule has 0 aliphatic heterocycles. The average Bonchev–Trinajstić information content (AvgIpc) is 2.82. The van der Waals surface area contributed by atoms with Crippen molar-refractivity contribution in [2.24, 2.45) is 11.5 Å². The van der Waals surface area contributed by atoms with Crippen LogP contribution in [0.2, 0.25) is 0 Å². The fourth-order valence-corrected chi connectivity index (χ4v) is 3.12. The predicted octanol–water partition coefficient (Wildman–Crippen LogP) is 5.33. The highest BCUT2D eigenvalue weighted by Crippen LogP contribution is 2.26. The monoisotopic (exact) mass is 446 g/mol. The molecule has 6 nitrogen and oxygen atoms in total. The van der Waals surface area contributed by atoms with E-state index < -0.39 is 0 Å². The molecule has 0 fully saturated rings. The molecule has 6 N–H and O–H groups in total. The third-order valence-corrected chi connectivity index (χ3v) is 4.96. The second-order valence-electron chi connectivity index (χ2n) is 7.76. The van der Waals surface area contributed by atoms with Crippen LogP contribution in [0.4, 0.5) is 0 Å². The summed E-state index contributed by atoms with van der Waals surface area (Å²) in [4.78, 5) is 0. The van der Waals surface area contributed by atoms with Gasteiger partial charge in [0.2, 0.25) is 0 Å². The highest BCUT2D eigenvalue weighted by molar-refractivity contribution is 5.94. The number of aryl methyl sites for hydroxylation is 2. The molecule has 0 atom stereocenters. The Morgan fingerprint density at radius 3 is 1.79 bits per heavy atom. The molecule has 6 heteroatoms. The summed E-state index contributed by atoms with van der Waals surface area (Å²) < 4.78 is 12.1. The van der Waals surface area contributed by atoms with Crippen LogP contribution in [0.25, 0.3) is 0 Å². The van der Waals surface area contributed by atoms with E-state index in [9.17, 15) is 0 Å². The van der Waals surface area contributed by atoms with Crippen molar-refractivity contribution in [3.63, 3.8) is 0 Å². The van der Waals surface area contributed by atoms with Gasteiger partial charge < -0.3 is 20.9 Å². The largest absolute Gasteiger partial charge is 0.489 e. The third kappa shape index (κ3) is 9.07. The quantitative estimate of drug-likeness (QED) is 0.248. The van der Waals surface area contributed by atoms with E-state index in [1.165, 1.54) is 11.1 Å². The van der Waals surface area contributed by atoms with Gasteiger partial charge in [0.25, 0.3) is 0 Å². The lowest BCUT2D eigenvalue weighted by molar-refractivity contribution is 0.289. The highest BCUT2D eigenvalue weighted by Gasteiger charge is 2.06. The van der Waals surface area contributed by atoms with E-state index in [0.717, 1.165) is 48.2 Å². The van der Waals surface area contributed by atoms with E-state index in [-0.39, 0.29) is 5.84 Å². The lowest BCUT2D eigenvalue weighted by Crippen LogP contribution is -2.10. The minimum atomic E-state index is 0.0708. The summed E-state index contributed by atoms with van der Waals surface area (Å²) in [7, 11) is 0. The molecule has 0 aliphatic carbocycles. The SMILES string of the molecule is CCCCc1cc(OCc2ccc(C)cc2)cc(OCc2ccc(C(=N)N)cc2)c1.N=CN. The second-order valence-corrected chi connectivity index (χ2v) is 7.76. The van der Waals surface area contributed by atoms with E-state index in [1.807, 2.05) is 30.3 Å². The Morgan fingerprint density at radius 2 is 1.33 bits per heavy atom. The average molecular weight is 447 g/mol. The molecular weight excluding hydrogens is 412 g/mol. The van der Waals surface area contributed by atoms with Crippen LogP contribution in [0.1, 0.15) is 47.6 Å². The van der Waals surface area contributed by atoms with Crippen LogP contribution in [0.15, 0.2) is 66.7 Å². The summed E-state index contributed by atoms with van der Waals surface area (Å²) >= 11 is 0. The van der Waals surface area contributed by atoms with Gasteiger partial charge in [-0.2, -0.15) is 0 Å². The summed E-state index contributed by atoms with van der Waals surface area (Å²) in [6.45, 7) is 5.26. The van der Waals surface area contributed by atoms with Gasteiger partial charge in [0.05, 0.1) is 6.34 Å². The first-order valence-corrected chi connectivity index (χ1v) is 11.0. The highest BCUT2D eigenvalue weighted by atomic mass is 16.5. The number of benzene rings is 3. The Balaban J connectivity index is 0.00000122. The minimum absolute atomic E-state index is 0.0708. The van der Waals surface area contributed by atoms with Crippen LogP contribution in [0.3, 0.4) is 0 Å². The topological polar surface area (TPSA) is 118 Å². The zero-order valence-corrected chi connectivity index (χ0v) is 19.4. The maximum absolute atomic E-state index is 7.49. The Kier molecular flexibility index (Phi) is 10.5. The van der Waals surface area contributed by atoms with Crippen LogP contribution >= 0.6 is 0 Å². The number of nitrogen functional groups attached to an aromatic ring is 1. The van der Waals surface area contributed by atoms with Gasteiger partial charge in [0.1, 0.15) is 30.5 Å². The van der Waals surface area contributed by atoms with Gasteiger partial charge in [-0.1, -0.05) is 67.4 Å². The first kappa shape index (κ1) is 25.5. The Morgan fingerprint density at radius 1 is 0.848 bits per heavy atom. The number of ether oxygens (including phenoxy) is 2. The summed E-state index contributed by atoms with van der Waals surface area (Å²) in [5.41, 5.74) is 15.3. The molecule has 0 heterocycles. The van der Waals surface area contributed by atoms with Gasteiger partial charge in [-0.25, -0.2) is 0 Å². The summed E-state index contributed by atoms with van der Waals surface area (Å²) in [5.74, 6) is 1.70. The molecule has 0 amide bonds. The van der Waals surface area contributed by atoms with Crippen molar-refractivity contribution < 1.29 is 9.47 Å². The number of nitrogens with two attached hydrogens (primary N) is 2. The van der Waals surface area contributed by atoms with Crippen LogP contribution in [-0.2, 0) is 19.6 Å². The molecule has 0 aromatic heterocycles. The van der Waals surface area contributed by atoms with E-state index in [1.54, 1.807) is 0 Å². The van der Waals surface area contributed by atoms with Crippen molar-refractivity contribution in [3.8, 4) is 11.5 Å².